The van der Waals surface area contributed by atoms with Crippen LogP contribution in [0.3, 0.4) is 0 Å². The van der Waals surface area contributed by atoms with Gasteiger partial charge in [0.1, 0.15) is 24.8 Å². The molecule has 2 aromatic heterocycles. The summed E-state index contributed by atoms with van der Waals surface area (Å²) in [5.74, 6) is -2.43. The molecule has 14 heteroatoms. The molecule has 2 aromatic rings. The fourth-order valence-corrected chi connectivity index (χ4v) is 3.20. The lowest BCUT2D eigenvalue weighted by molar-refractivity contribution is -0.154. The molecule has 0 spiro atoms. The first-order valence-electron chi connectivity index (χ1n) is 9.04. The number of imidazole rings is 1. The summed E-state index contributed by atoms with van der Waals surface area (Å²) in [4.78, 5) is 55.4. The SMILES string of the molecule is COC(=O)Cn1c(=O)n([C@@H]2O[C@H](COC(C)=O)[C@@H](F)[C@H]2OC(C)=O)c2nc(N)ncc21. The van der Waals surface area contributed by atoms with E-state index in [2.05, 4.69) is 14.7 Å². The first-order valence-corrected chi connectivity index (χ1v) is 9.04. The van der Waals surface area contributed by atoms with Gasteiger partial charge in [-0.1, -0.05) is 0 Å². The second-order valence-electron chi connectivity index (χ2n) is 6.64. The Morgan fingerprint density at radius 2 is 2.00 bits per heavy atom. The Balaban J connectivity index is 2.12. The molecule has 0 aromatic carbocycles. The number of rotatable bonds is 6. The first-order chi connectivity index (χ1) is 14.6. The predicted octanol–water partition coefficient (Wildman–Crippen LogP) is -0.921. The summed E-state index contributed by atoms with van der Waals surface area (Å²) < 4.78 is 37.0. The van der Waals surface area contributed by atoms with Crippen molar-refractivity contribution in [2.45, 2.75) is 45.0 Å². The number of nitrogens with two attached hydrogens (primary N) is 1. The molecule has 0 amide bonds. The zero-order valence-electron chi connectivity index (χ0n) is 16.8. The summed E-state index contributed by atoms with van der Waals surface area (Å²) in [6, 6.07) is 0. The highest BCUT2D eigenvalue weighted by atomic mass is 19.1. The van der Waals surface area contributed by atoms with Gasteiger partial charge in [-0.2, -0.15) is 4.98 Å². The van der Waals surface area contributed by atoms with Gasteiger partial charge in [-0.3, -0.25) is 19.0 Å². The van der Waals surface area contributed by atoms with Crippen LogP contribution in [0.1, 0.15) is 20.1 Å². The topological polar surface area (TPSA) is 167 Å². The van der Waals surface area contributed by atoms with Gasteiger partial charge in [0.15, 0.2) is 24.2 Å². The van der Waals surface area contributed by atoms with Crippen LogP contribution in [0.4, 0.5) is 10.3 Å². The summed E-state index contributed by atoms with van der Waals surface area (Å²) >= 11 is 0. The molecule has 0 unspecified atom stereocenters. The highest BCUT2D eigenvalue weighted by Gasteiger charge is 2.50. The molecule has 168 valence electrons. The third-order valence-corrected chi connectivity index (χ3v) is 4.51. The average molecular weight is 441 g/mol. The number of nitrogen functional groups attached to an aromatic ring is 1. The molecule has 0 bridgehead atoms. The maximum atomic E-state index is 15.0. The number of hydrogen-bond donors (Lipinski definition) is 1. The number of aromatic nitrogens is 4. The molecule has 3 heterocycles. The fraction of sp³-hybridized carbons (Fsp3) is 0.529. The Bertz CT molecular complexity index is 1080. The molecular weight excluding hydrogens is 421 g/mol. The lowest BCUT2D eigenvalue weighted by Gasteiger charge is -2.19. The number of carbonyl (C=O) groups excluding carboxylic acids is 3. The second-order valence-corrected chi connectivity index (χ2v) is 6.64. The van der Waals surface area contributed by atoms with E-state index in [-0.39, 0.29) is 17.1 Å². The van der Waals surface area contributed by atoms with Crippen molar-refractivity contribution < 1.29 is 37.7 Å². The van der Waals surface area contributed by atoms with Gasteiger partial charge in [0.05, 0.1) is 13.3 Å². The number of carbonyl (C=O) groups is 3. The van der Waals surface area contributed by atoms with Crippen LogP contribution in [0.25, 0.3) is 11.2 Å². The maximum absolute atomic E-state index is 15.0. The van der Waals surface area contributed by atoms with Gasteiger partial charge in [-0.25, -0.2) is 18.7 Å². The molecule has 2 N–H and O–H groups in total. The van der Waals surface area contributed by atoms with E-state index in [0.717, 1.165) is 30.1 Å². The number of nitrogens with zero attached hydrogens (tertiary/aromatic N) is 4. The molecule has 0 aliphatic carbocycles. The number of anilines is 1. The molecule has 3 rings (SSSR count). The van der Waals surface area contributed by atoms with Crippen LogP contribution in [0, 0.1) is 0 Å². The minimum Gasteiger partial charge on any atom is -0.468 e. The molecule has 31 heavy (non-hydrogen) atoms. The zero-order chi connectivity index (χ0) is 22.9. The Hall–Kier alpha value is -3.55. The van der Waals surface area contributed by atoms with Gasteiger partial charge in [0.2, 0.25) is 5.95 Å². The van der Waals surface area contributed by atoms with Crippen molar-refractivity contribution in [1.29, 1.82) is 0 Å². The van der Waals surface area contributed by atoms with Crippen molar-refractivity contribution in [3.05, 3.63) is 16.7 Å². The monoisotopic (exact) mass is 441 g/mol. The maximum Gasteiger partial charge on any atom is 0.333 e. The molecule has 0 radical (unpaired) electrons. The van der Waals surface area contributed by atoms with E-state index in [9.17, 15) is 19.2 Å². The van der Waals surface area contributed by atoms with Gasteiger partial charge in [0.25, 0.3) is 0 Å². The van der Waals surface area contributed by atoms with Crippen LogP contribution in [0.2, 0.25) is 0 Å². The van der Waals surface area contributed by atoms with Crippen molar-refractivity contribution >= 4 is 35.0 Å². The summed E-state index contributed by atoms with van der Waals surface area (Å²) in [5, 5.41) is 0. The van der Waals surface area contributed by atoms with Crippen LogP contribution in [0.15, 0.2) is 11.0 Å². The van der Waals surface area contributed by atoms with E-state index in [4.69, 9.17) is 19.9 Å². The Morgan fingerprint density at radius 1 is 1.29 bits per heavy atom. The Labute approximate surface area is 173 Å². The van der Waals surface area contributed by atoms with Gasteiger partial charge in [-0.05, 0) is 0 Å². The van der Waals surface area contributed by atoms with Crippen molar-refractivity contribution in [3.8, 4) is 0 Å². The largest absolute Gasteiger partial charge is 0.468 e. The van der Waals surface area contributed by atoms with Gasteiger partial charge in [0, 0.05) is 13.8 Å². The molecule has 0 saturated carbocycles. The Kier molecular flexibility index (Phi) is 6.19. The van der Waals surface area contributed by atoms with Crippen LogP contribution in [-0.4, -0.2) is 69.1 Å². The van der Waals surface area contributed by atoms with E-state index in [0.29, 0.717) is 0 Å². The van der Waals surface area contributed by atoms with Crippen LogP contribution >= 0.6 is 0 Å². The number of fused-ring (bicyclic) bond motifs is 1. The number of esters is 3. The molecule has 4 atom stereocenters. The number of methoxy groups -OCH3 is 1. The van der Waals surface area contributed by atoms with Crippen LogP contribution in [-0.2, 0) is 39.9 Å². The van der Waals surface area contributed by atoms with Gasteiger partial charge in [-0.15, -0.1) is 0 Å². The molecule has 13 nitrogen and oxygen atoms in total. The number of ether oxygens (including phenoxy) is 4. The van der Waals surface area contributed by atoms with E-state index in [1.165, 1.54) is 6.20 Å². The third-order valence-electron chi connectivity index (χ3n) is 4.51. The zero-order valence-corrected chi connectivity index (χ0v) is 16.8. The summed E-state index contributed by atoms with van der Waals surface area (Å²) in [6.07, 6.45) is -5.11. The highest BCUT2D eigenvalue weighted by molar-refractivity contribution is 5.76. The molecule has 1 aliphatic heterocycles. The van der Waals surface area contributed by atoms with Crippen molar-refractivity contribution in [2.75, 3.05) is 19.5 Å². The predicted molar refractivity (Wildman–Crippen MR) is 99.2 cm³/mol. The fourth-order valence-electron chi connectivity index (χ4n) is 3.20. The van der Waals surface area contributed by atoms with E-state index in [1.54, 1.807) is 0 Å². The van der Waals surface area contributed by atoms with E-state index >= 15 is 4.39 Å². The first kappa shape index (κ1) is 22.1. The average Bonchev–Trinajstić information content (AvgIpc) is 3.13. The molecule has 1 aliphatic rings. The highest BCUT2D eigenvalue weighted by Crippen LogP contribution is 2.35. The number of alkyl halides is 1. The third kappa shape index (κ3) is 4.33. The Morgan fingerprint density at radius 3 is 2.61 bits per heavy atom. The second kappa shape index (κ2) is 8.67. The van der Waals surface area contributed by atoms with Crippen molar-refractivity contribution in [1.82, 2.24) is 19.1 Å². The van der Waals surface area contributed by atoms with Gasteiger partial charge >= 0.3 is 23.6 Å². The minimum absolute atomic E-state index is 0.0797. The standard InChI is InChI=1S/C17H20FN5O8/c1-7(24)29-6-10-12(18)13(30-8(2)25)15(31-10)23-14-9(4-20-16(19)21-14)22(17(23)27)5-11(26)28-3/h4,10,12-13,15H,5-6H2,1-3H3,(H2,19,20,21)/t10-,12-,13-,15-/m1/s1. The van der Waals surface area contributed by atoms with E-state index < -0.39 is 61.4 Å². The van der Waals surface area contributed by atoms with Crippen molar-refractivity contribution in [3.63, 3.8) is 0 Å². The number of halogens is 1. The summed E-state index contributed by atoms with van der Waals surface area (Å²) in [7, 11) is 1.14. The normalized spacial score (nSPS) is 23.0. The van der Waals surface area contributed by atoms with Crippen molar-refractivity contribution in [2.24, 2.45) is 0 Å². The lowest BCUT2D eigenvalue weighted by atomic mass is 10.1. The van der Waals surface area contributed by atoms with Crippen LogP contribution < -0.4 is 11.4 Å². The van der Waals surface area contributed by atoms with E-state index in [1.807, 2.05) is 0 Å². The molecule has 1 saturated heterocycles. The number of hydrogen-bond acceptors (Lipinski definition) is 11. The quantitative estimate of drug-likeness (QED) is 0.435. The minimum atomic E-state index is -1.93. The lowest BCUT2D eigenvalue weighted by Crippen LogP contribution is -2.37. The summed E-state index contributed by atoms with van der Waals surface area (Å²) in [6.45, 7) is 1.23. The van der Waals surface area contributed by atoms with Crippen LogP contribution in [0.5, 0.6) is 0 Å². The molecule has 1 fully saturated rings. The molecular formula is C17H20FN5O8. The summed E-state index contributed by atoms with van der Waals surface area (Å²) in [5.41, 5.74) is 4.81. The van der Waals surface area contributed by atoms with Gasteiger partial charge < -0.3 is 24.7 Å². The smallest absolute Gasteiger partial charge is 0.333 e.